The second-order valence-electron chi connectivity index (χ2n) is 5.65. The average molecular weight is 256 g/mol. The fraction of sp³-hybridized carbons (Fsp3) is 1.00. The van der Waals surface area contributed by atoms with E-state index < -0.39 is 0 Å². The highest BCUT2D eigenvalue weighted by Gasteiger charge is 2.24. The van der Waals surface area contributed by atoms with Crippen LogP contribution in [-0.2, 0) is 9.78 Å². The Bertz CT molecular complexity index is 166. The monoisotopic (exact) mass is 256 g/mol. The van der Waals surface area contributed by atoms with Crippen LogP contribution in [0.2, 0.25) is 0 Å². The van der Waals surface area contributed by atoms with Gasteiger partial charge in [0.1, 0.15) is 0 Å². The molecule has 0 unspecified atom stereocenters. The third-order valence-corrected chi connectivity index (χ3v) is 3.78. The standard InChI is InChI=1S/C16H32O2/c1-2-3-4-5-6-7-8-9-10-11-12-13-14-15-16-17-18-16/h16H,2-15H2,1H3. The number of rotatable bonds is 14. The molecule has 0 spiro atoms. The lowest BCUT2D eigenvalue weighted by Gasteiger charge is -2.02. The van der Waals surface area contributed by atoms with E-state index in [4.69, 9.17) is 9.78 Å². The summed E-state index contributed by atoms with van der Waals surface area (Å²) in [6, 6.07) is 0. The topological polar surface area (TPSA) is 25.1 Å². The average Bonchev–Trinajstić information content (AvgIpc) is 3.19. The second-order valence-corrected chi connectivity index (χ2v) is 5.65. The number of unbranched alkanes of at least 4 members (excludes halogenated alkanes) is 12. The molecule has 0 radical (unpaired) electrons. The molecule has 0 aliphatic carbocycles. The van der Waals surface area contributed by atoms with Crippen LogP contribution in [0.3, 0.4) is 0 Å². The van der Waals surface area contributed by atoms with Gasteiger partial charge in [-0.2, -0.15) is 9.78 Å². The summed E-state index contributed by atoms with van der Waals surface area (Å²) in [6.07, 6.45) is 19.6. The van der Waals surface area contributed by atoms with Crippen molar-refractivity contribution < 1.29 is 9.78 Å². The summed E-state index contributed by atoms with van der Waals surface area (Å²) < 4.78 is 0. The molecule has 18 heavy (non-hydrogen) atoms. The molecular formula is C16H32O2. The Balaban J connectivity index is 1.60. The fourth-order valence-corrected chi connectivity index (χ4v) is 2.46. The van der Waals surface area contributed by atoms with Crippen molar-refractivity contribution in [3.63, 3.8) is 0 Å². The van der Waals surface area contributed by atoms with Gasteiger partial charge in [-0.05, 0) is 6.42 Å². The van der Waals surface area contributed by atoms with Crippen LogP contribution in [0.4, 0.5) is 0 Å². The maximum absolute atomic E-state index is 4.72. The summed E-state index contributed by atoms with van der Waals surface area (Å²) in [5.41, 5.74) is 0. The van der Waals surface area contributed by atoms with Crippen LogP contribution >= 0.6 is 0 Å². The first kappa shape index (κ1) is 16.0. The lowest BCUT2D eigenvalue weighted by molar-refractivity contribution is 0.0850. The molecule has 0 N–H and O–H groups in total. The third-order valence-electron chi connectivity index (χ3n) is 3.78. The van der Waals surface area contributed by atoms with Crippen molar-refractivity contribution in [3.8, 4) is 0 Å². The molecule has 0 saturated carbocycles. The predicted octanol–water partition coefficient (Wildman–Crippen LogP) is 5.76. The number of hydrogen-bond donors (Lipinski definition) is 0. The zero-order valence-electron chi connectivity index (χ0n) is 12.3. The quantitative estimate of drug-likeness (QED) is 0.224. The van der Waals surface area contributed by atoms with Gasteiger partial charge in [0.25, 0.3) is 0 Å². The van der Waals surface area contributed by atoms with Gasteiger partial charge in [-0.3, -0.25) is 0 Å². The van der Waals surface area contributed by atoms with E-state index in [-0.39, 0.29) is 6.29 Å². The minimum atomic E-state index is 0.151. The summed E-state index contributed by atoms with van der Waals surface area (Å²) in [6.45, 7) is 2.28. The Morgan fingerprint density at radius 3 is 1.33 bits per heavy atom. The van der Waals surface area contributed by atoms with Crippen molar-refractivity contribution in [2.75, 3.05) is 0 Å². The highest BCUT2D eigenvalue weighted by Crippen LogP contribution is 2.20. The van der Waals surface area contributed by atoms with E-state index >= 15 is 0 Å². The van der Waals surface area contributed by atoms with Crippen molar-refractivity contribution >= 4 is 0 Å². The molecule has 0 atom stereocenters. The molecule has 0 amide bonds. The van der Waals surface area contributed by atoms with E-state index in [1.807, 2.05) is 0 Å². The molecule has 108 valence electrons. The summed E-state index contributed by atoms with van der Waals surface area (Å²) in [5, 5.41) is 0. The molecular weight excluding hydrogens is 224 g/mol. The highest BCUT2D eigenvalue weighted by molar-refractivity contribution is 4.51. The molecule has 1 fully saturated rings. The van der Waals surface area contributed by atoms with Gasteiger partial charge in [0.05, 0.1) is 0 Å². The smallest absolute Gasteiger partial charge is 0.199 e. The Morgan fingerprint density at radius 1 is 0.556 bits per heavy atom. The summed E-state index contributed by atoms with van der Waals surface area (Å²) in [4.78, 5) is 9.43. The third kappa shape index (κ3) is 11.0. The molecule has 2 heteroatoms. The first-order chi connectivity index (χ1) is 8.93. The van der Waals surface area contributed by atoms with Gasteiger partial charge in [-0.1, -0.05) is 84.0 Å². The van der Waals surface area contributed by atoms with Crippen molar-refractivity contribution in [3.05, 3.63) is 0 Å². The molecule has 2 nitrogen and oxygen atoms in total. The van der Waals surface area contributed by atoms with E-state index in [9.17, 15) is 0 Å². The first-order valence-electron chi connectivity index (χ1n) is 8.25. The normalized spacial score (nSPS) is 15.2. The predicted molar refractivity (Wildman–Crippen MR) is 76.3 cm³/mol. The summed E-state index contributed by atoms with van der Waals surface area (Å²) in [7, 11) is 0. The zero-order chi connectivity index (χ0) is 12.9. The van der Waals surface area contributed by atoms with Crippen LogP contribution in [0.5, 0.6) is 0 Å². The van der Waals surface area contributed by atoms with Crippen molar-refractivity contribution in [2.24, 2.45) is 0 Å². The Morgan fingerprint density at radius 2 is 0.944 bits per heavy atom. The van der Waals surface area contributed by atoms with Crippen LogP contribution in [0.25, 0.3) is 0 Å². The van der Waals surface area contributed by atoms with Crippen molar-refractivity contribution in [1.82, 2.24) is 0 Å². The van der Waals surface area contributed by atoms with E-state index in [0.717, 1.165) is 6.42 Å². The van der Waals surface area contributed by atoms with Crippen molar-refractivity contribution in [2.45, 2.75) is 103 Å². The van der Waals surface area contributed by atoms with E-state index in [1.165, 1.54) is 83.5 Å². The zero-order valence-corrected chi connectivity index (χ0v) is 12.3. The van der Waals surface area contributed by atoms with Crippen LogP contribution in [0, 0.1) is 0 Å². The van der Waals surface area contributed by atoms with Crippen LogP contribution in [0.15, 0.2) is 0 Å². The Hall–Kier alpha value is -0.0800. The minimum absolute atomic E-state index is 0.151. The van der Waals surface area contributed by atoms with Crippen LogP contribution in [0.1, 0.15) is 96.8 Å². The van der Waals surface area contributed by atoms with Crippen LogP contribution < -0.4 is 0 Å². The SMILES string of the molecule is CCCCCCCCCCCCCCCC1OO1. The molecule has 0 aromatic heterocycles. The molecule has 0 bridgehead atoms. The second kappa shape index (κ2) is 12.0. The minimum Gasteiger partial charge on any atom is -0.199 e. The summed E-state index contributed by atoms with van der Waals surface area (Å²) >= 11 is 0. The van der Waals surface area contributed by atoms with Gasteiger partial charge >= 0.3 is 0 Å². The molecule has 1 saturated heterocycles. The maximum Gasteiger partial charge on any atom is 0.224 e. The van der Waals surface area contributed by atoms with Gasteiger partial charge in [-0.15, -0.1) is 0 Å². The van der Waals surface area contributed by atoms with Crippen molar-refractivity contribution in [1.29, 1.82) is 0 Å². The molecule has 0 aromatic carbocycles. The molecule has 1 rings (SSSR count). The molecule has 1 aliphatic rings. The Labute approximate surface area is 113 Å². The number of hydrogen-bond acceptors (Lipinski definition) is 2. The van der Waals surface area contributed by atoms with Gasteiger partial charge in [0.15, 0.2) is 0 Å². The summed E-state index contributed by atoms with van der Waals surface area (Å²) in [5.74, 6) is 0. The molecule has 0 aromatic rings. The molecule has 1 aliphatic heterocycles. The van der Waals surface area contributed by atoms with Gasteiger partial charge in [0, 0.05) is 6.42 Å². The lowest BCUT2D eigenvalue weighted by Crippen LogP contribution is -1.86. The van der Waals surface area contributed by atoms with E-state index in [1.54, 1.807) is 0 Å². The van der Waals surface area contributed by atoms with Gasteiger partial charge < -0.3 is 0 Å². The van der Waals surface area contributed by atoms with E-state index in [0.29, 0.717) is 0 Å². The molecule has 1 heterocycles. The Kier molecular flexibility index (Phi) is 10.6. The fourth-order valence-electron chi connectivity index (χ4n) is 2.46. The lowest BCUT2D eigenvalue weighted by atomic mass is 10.0. The maximum atomic E-state index is 4.72. The van der Waals surface area contributed by atoms with Gasteiger partial charge in [0.2, 0.25) is 6.29 Å². The van der Waals surface area contributed by atoms with E-state index in [2.05, 4.69) is 6.92 Å². The first-order valence-corrected chi connectivity index (χ1v) is 8.25. The highest BCUT2D eigenvalue weighted by atomic mass is 17.4. The largest absolute Gasteiger partial charge is 0.224 e. The van der Waals surface area contributed by atoms with Gasteiger partial charge in [-0.25, -0.2) is 0 Å². The van der Waals surface area contributed by atoms with Crippen LogP contribution in [-0.4, -0.2) is 6.29 Å².